The molecule has 3 rings (SSSR count). The number of hydrogen-bond donors (Lipinski definition) is 1. The van der Waals surface area contributed by atoms with Crippen molar-refractivity contribution in [1.82, 2.24) is 9.29 Å². The number of nitrogens with zero attached hydrogens (tertiary/aromatic N) is 2. The van der Waals surface area contributed by atoms with Crippen molar-refractivity contribution >= 4 is 32.4 Å². The monoisotopic (exact) mass is 355 g/mol. The van der Waals surface area contributed by atoms with Gasteiger partial charge in [0.1, 0.15) is 6.26 Å². The number of rotatable bonds is 4. The molecule has 2 aromatic heterocycles. The van der Waals surface area contributed by atoms with E-state index in [9.17, 15) is 13.2 Å². The summed E-state index contributed by atoms with van der Waals surface area (Å²) in [5.41, 5.74) is 1.27. The standard InChI is InChI=1S/C14H17N3O4S2/c1-9(2)23(19,20)17-5-3-11-12(7-17)22-14(15-11)16-13(18)10-4-6-21-8-10/h4,6,8-9H,3,5,7H2,1-2H3,(H,15,16,18). The predicted octanol–water partition coefficient (Wildman–Crippen LogP) is 2.08. The Balaban J connectivity index is 1.75. The van der Waals surface area contributed by atoms with Gasteiger partial charge in [-0.05, 0) is 19.9 Å². The Morgan fingerprint density at radius 2 is 2.26 bits per heavy atom. The molecule has 0 aromatic carbocycles. The Hall–Kier alpha value is -1.71. The summed E-state index contributed by atoms with van der Waals surface area (Å²) in [5.74, 6) is -0.295. The summed E-state index contributed by atoms with van der Waals surface area (Å²) in [4.78, 5) is 17.3. The van der Waals surface area contributed by atoms with Gasteiger partial charge >= 0.3 is 0 Å². The number of nitrogens with one attached hydrogen (secondary N) is 1. The number of hydrogen-bond acceptors (Lipinski definition) is 6. The van der Waals surface area contributed by atoms with Gasteiger partial charge in [-0.1, -0.05) is 0 Å². The number of thiazole rings is 1. The van der Waals surface area contributed by atoms with E-state index in [0.29, 0.717) is 30.2 Å². The molecular weight excluding hydrogens is 338 g/mol. The van der Waals surface area contributed by atoms with Crippen molar-refractivity contribution in [3.8, 4) is 0 Å². The van der Waals surface area contributed by atoms with E-state index in [-0.39, 0.29) is 5.91 Å². The first-order valence-corrected chi connectivity index (χ1v) is 9.51. The van der Waals surface area contributed by atoms with E-state index in [1.807, 2.05) is 0 Å². The van der Waals surface area contributed by atoms with E-state index in [2.05, 4.69) is 10.3 Å². The summed E-state index contributed by atoms with van der Waals surface area (Å²) in [7, 11) is -3.28. The third kappa shape index (κ3) is 3.17. The second kappa shape index (κ2) is 6.06. The zero-order chi connectivity index (χ0) is 16.6. The number of carbonyl (C=O) groups excluding carboxylic acids is 1. The van der Waals surface area contributed by atoms with Gasteiger partial charge < -0.3 is 4.42 Å². The van der Waals surface area contributed by atoms with Gasteiger partial charge in [0, 0.05) is 24.4 Å². The average Bonchev–Trinajstić information content (AvgIpc) is 3.15. The van der Waals surface area contributed by atoms with Crippen molar-refractivity contribution < 1.29 is 17.6 Å². The number of aromatic nitrogens is 1. The molecule has 3 heterocycles. The first-order valence-electron chi connectivity index (χ1n) is 7.19. The van der Waals surface area contributed by atoms with Crippen LogP contribution in [0, 0.1) is 0 Å². The van der Waals surface area contributed by atoms with Crippen LogP contribution >= 0.6 is 11.3 Å². The Kier molecular flexibility index (Phi) is 4.26. The fourth-order valence-corrected chi connectivity index (χ4v) is 4.66. The Labute approximate surface area is 138 Å². The first-order chi connectivity index (χ1) is 10.9. The number of anilines is 1. The molecule has 2 aromatic rings. The molecule has 23 heavy (non-hydrogen) atoms. The molecule has 0 atom stereocenters. The summed E-state index contributed by atoms with van der Waals surface area (Å²) in [5, 5.41) is 2.75. The Morgan fingerprint density at radius 3 is 2.91 bits per heavy atom. The van der Waals surface area contributed by atoms with E-state index in [1.165, 1.54) is 28.2 Å². The van der Waals surface area contributed by atoms with Crippen LogP contribution < -0.4 is 5.32 Å². The lowest BCUT2D eigenvalue weighted by Gasteiger charge is -2.26. The van der Waals surface area contributed by atoms with Gasteiger partial charge in [0.25, 0.3) is 5.91 Å². The van der Waals surface area contributed by atoms with Crippen LogP contribution in [0.3, 0.4) is 0 Å². The van der Waals surface area contributed by atoms with Crippen LogP contribution in [0.25, 0.3) is 0 Å². The lowest BCUT2D eigenvalue weighted by atomic mass is 10.2. The van der Waals surface area contributed by atoms with Crippen molar-refractivity contribution in [3.05, 3.63) is 34.7 Å². The van der Waals surface area contributed by atoms with E-state index in [1.54, 1.807) is 19.9 Å². The molecule has 1 aliphatic rings. The number of fused-ring (bicyclic) bond motifs is 1. The predicted molar refractivity (Wildman–Crippen MR) is 86.9 cm³/mol. The van der Waals surface area contributed by atoms with E-state index in [0.717, 1.165) is 10.6 Å². The Bertz CT molecular complexity index is 809. The molecule has 9 heteroatoms. The summed E-state index contributed by atoms with van der Waals surface area (Å²) < 4.78 is 30.9. The van der Waals surface area contributed by atoms with Crippen LogP contribution in [0.4, 0.5) is 5.13 Å². The third-order valence-electron chi connectivity index (χ3n) is 3.66. The van der Waals surface area contributed by atoms with Crippen LogP contribution in [0.2, 0.25) is 0 Å². The highest BCUT2D eigenvalue weighted by molar-refractivity contribution is 7.89. The van der Waals surface area contributed by atoms with Gasteiger partial charge in [0.05, 0.1) is 22.8 Å². The number of sulfonamides is 1. The molecule has 124 valence electrons. The van der Waals surface area contributed by atoms with Gasteiger partial charge in [-0.2, -0.15) is 4.31 Å². The Morgan fingerprint density at radius 1 is 1.48 bits per heavy atom. The molecule has 7 nitrogen and oxygen atoms in total. The second-order valence-electron chi connectivity index (χ2n) is 5.53. The third-order valence-corrected chi connectivity index (χ3v) is 6.88. The highest BCUT2D eigenvalue weighted by Crippen LogP contribution is 2.30. The summed E-state index contributed by atoms with van der Waals surface area (Å²) in [6, 6.07) is 1.57. The molecule has 0 unspecified atom stereocenters. The zero-order valence-electron chi connectivity index (χ0n) is 12.8. The molecule has 0 spiro atoms. The topological polar surface area (TPSA) is 92.5 Å². The number of furan rings is 1. The summed E-state index contributed by atoms with van der Waals surface area (Å²) in [6.07, 6.45) is 3.34. The minimum Gasteiger partial charge on any atom is -0.472 e. The molecule has 0 bridgehead atoms. The van der Waals surface area contributed by atoms with Crippen molar-refractivity contribution in [1.29, 1.82) is 0 Å². The molecule has 1 amide bonds. The van der Waals surface area contributed by atoms with Gasteiger partial charge in [0.15, 0.2) is 5.13 Å². The lowest BCUT2D eigenvalue weighted by molar-refractivity contribution is 0.102. The number of amides is 1. The van der Waals surface area contributed by atoms with Crippen LogP contribution in [-0.2, 0) is 23.0 Å². The molecular formula is C14H17N3O4S2. The van der Waals surface area contributed by atoms with E-state index >= 15 is 0 Å². The molecule has 0 aliphatic carbocycles. The molecule has 0 fully saturated rings. The normalized spacial score (nSPS) is 15.6. The average molecular weight is 355 g/mol. The van der Waals surface area contributed by atoms with Crippen LogP contribution in [0.15, 0.2) is 23.0 Å². The SMILES string of the molecule is CC(C)S(=O)(=O)N1CCc2nc(NC(=O)c3ccoc3)sc2C1. The van der Waals surface area contributed by atoms with Gasteiger partial charge in [-0.3, -0.25) is 10.1 Å². The fourth-order valence-electron chi connectivity index (χ4n) is 2.30. The zero-order valence-corrected chi connectivity index (χ0v) is 14.4. The van der Waals surface area contributed by atoms with Crippen molar-refractivity contribution in [2.24, 2.45) is 0 Å². The van der Waals surface area contributed by atoms with E-state index < -0.39 is 15.3 Å². The van der Waals surface area contributed by atoms with Crippen molar-refractivity contribution in [2.45, 2.75) is 32.1 Å². The van der Waals surface area contributed by atoms with Crippen LogP contribution in [0.5, 0.6) is 0 Å². The molecule has 1 aliphatic heterocycles. The fraction of sp³-hybridized carbons (Fsp3) is 0.429. The van der Waals surface area contributed by atoms with Gasteiger partial charge in [-0.25, -0.2) is 13.4 Å². The summed E-state index contributed by atoms with van der Waals surface area (Å²) >= 11 is 1.31. The number of carbonyl (C=O) groups is 1. The largest absolute Gasteiger partial charge is 0.472 e. The first kappa shape index (κ1) is 16.2. The lowest BCUT2D eigenvalue weighted by Crippen LogP contribution is -2.39. The van der Waals surface area contributed by atoms with Crippen LogP contribution in [-0.4, -0.2) is 35.4 Å². The molecule has 1 N–H and O–H groups in total. The molecule has 0 saturated heterocycles. The summed E-state index contributed by atoms with van der Waals surface area (Å²) in [6.45, 7) is 4.09. The second-order valence-corrected chi connectivity index (χ2v) is 9.11. The minimum absolute atomic E-state index is 0.295. The van der Waals surface area contributed by atoms with Gasteiger partial charge in [-0.15, -0.1) is 11.3 Å². The smallest absolute Gasteiger partial charge is 0.260 e. The minimum atomic E-state index is -3.28. The van der Waals surface area contributed by atoms with E-state index in [4.69, 9.17) is 4.42 Å². The maximum Gasteiger partial charge on any atom is 0.260 e. The van der Waals surface area contributed by atoms with Crippen LogP contribution in [0.1, 0.15) is 34.8 Å². The van der Waals surface area contributed by atoms with Crippen molar-refractivity contribution in [3.63, 3.8) is 0 Å². The maximum absolute atomic E-state index is 12.3. The quantitative estimate of drug-likeness (QED) is 0.906. The molecule has 0 saturated carbocycles. The highest BCUT2D eigenvalue weighted by atomic mass is 32.2. The molecule has 0 radical (unpaired) electrons. The maximum atomic E-state index is 12.3. The van der Waals surface area contributed by atoms with Crippen molar-refractivity contribution in [2.75, 3.05) is 11.9 Å². The highest BCUT2D eigenvalue weighted by Gasteiger charge is 2.31. The van der Waals surface area contributed by atoms with Gasteiger partial charge in [0.2, 0.25) is 10.0 Å².